The molecule has 0 aliphatic carbocycles. The molecule has 0 spiro atoms. The molecule has 1 aromatic carbocycles. The number of aryl methyl sites for hydroxylation is 3. The predicted octanol–water partition coefficient (Wildman–Crippen LogP) is 4.36. The second kappa shape index (κ2) is 7.07. The van der Waals surface area contributed by atoms with Gasteiger partial charge in [-0.05, 0) is 38.3 Å². The third kappa shape index (κ3) is 4.18. The molecule has 0 aliphatic rings. The van der Waals surface area contributed by atoms with Crippen LogP contribution in [0.4, 0.5) is 17.3 Å². The first-order valence-corrected chi connectivity index (χ1v) is 7.53. The topological polar surface area (TPSA) is 49.8 Å². The van der Waals surface area contributed by atoms with E-state index in [9.17, 15) is 0 Å². The van der Waals surface area contributed by atoms with Crippen LogP contribution in [-0.2, 0) is 0 Å². The lowest BCUT2D eigenvalue weighted by molar-refractivity contribution is 0.829. The minimum Gasteiger partial charge on any atom is -0.370 e. The summed E-state index contributed by atoms with van der Waals surface area (Å²) in [6.45, 7) is 9.24. The average molecular weight is 284 g/mol. The monoisotopic (exact) mass is 284 g/mol. The standard InChI is InChI=1S/C17H24N4/c1-5-6-10-18-15-11-16(20-14(4)19-15)21-17-12(2)8-7-9-13(17)3/h7-9,11H,5-6,10H2,1-4H3,(H2,18,19,20,21). The number of hydrogen-bond donors (Lipinski definition) is 2. The van der Waals surface area contributed by atoms with Gasteiger partial charge in [0, 0.05) is 18.3 Å². The molecular formula is C17H24N4. The highest BCUT2D eigenvalue weighted by Gasteiger charge is 2.06. The molecule has 21 heavy (non-hydrogen) atoms. The molecule has 0 fully saturated rings. The number of benzene rings is 1. The van der Waals surface area contributed by atoms with Gasteiger partial charge in [0.15, 0.2) is 0 Å². The van der Waals surface area contributed by atoms with Crippen molar-refractivity contribution in [1.29, 1.82) is 0 Å². The highest BCUT2D eigenvalue weighted by molar-refractivity contribution is 5.65. The molecule has 0 aliphatic heterocycles. The van der Waals surface area contributed by atoms with Gasteiger partial charge in [-0.25, -0.2) is 9.97 Å². The summed E-state index contributed by atoms with van der Waals surface area (Å²) in [4.78, 5) is 8.91. The van der Waals surface area contributed by atoms with Crippen molar-refractivity contribution in [2.75, 3.05) is 17.2 Å². The zero-order valence-electron chi connectivity index (χ0n) is 13.3. The quantitative estimate of drug-likeness (QED) is 0.774. The Bertz CT molecular complexity index is 587. The van der Waals surface area contributed by atoms with Crippen LogP contribution in [0, 0.1) is 20.8 Å². The van der Waals surface area contributed by atoms with Crippen LogP contribution < -0.4 is 10.6 Å². The number of anilines is 3. The molecule has 4 heteroatoms. The van der Waals surface area contributed by atoms with Crippen molar-refractivity contribution in [3.05, 3.63) is 41.2 Å². The number of rotatable bonds is 6. The Morgan fingerprint density at radius 1 is 1.00 bits per heavy atom. The lowest BCUT2D eigenvalue weighted by atomic mass is 10.1. The van der Waals surface area contributed by atoms with Crippen LogP contribution in [0.3, 0.4) is 0 Å². The first-order valence-electron chi connectivity index (χ1n) is 7.53. The van der Waals surface area contributed by atoms with Gasteiger partial charge in [-0.3, -0.25) is 0 Å². The molecule has 0 atom stereocenters. The van der Waals surface area contributed by atoms with E-state index >= 15 is 0 Å². The fourth-order valence-corrected chi connectivity index (χ4v) is 2.26. The summed E-state index contributed by atoms with van der Waals surface area (Å²) >= 11 is 0. The molecular weight excluding hydrogens is 260 g/mol. The number of nitrogens with zero attached hydrogens (tertiary/aromatic N) is 2. The molecule has 2 N–H and O–H groups in total. The zero-order chi connectivity index (χ0) is 15.2. The Morgan fingerprint density at radius 3 is 2.33 bits per heavy atom. The molecule has 1 aromatic heterocycles. The van der Waals surface area contributed by atoms with Gasteiger partial charge in [0.05, 0.1) is 0 Å². The third-order valence-electron chi connectivity index (χ3n) is 3.41. The van der Waals surface area contributed by atoms with Crippen LogP contribution in [0.1, 0.15) is 36.7 Å². The summed E-state index contributed by atoms with van der Waals surface area (Å²) in [5, 5.41) is 6.77. The lowest BCUT2D eigenvalue weighted by Gasteiger charge is -2.13. The first kappa shape index (κ1) is 15.3. The maximum atomic E-state index is 4.48. The number of para-hydroxylation sites is 1. The van der Waals surface area contributed by atoms with Crippen molar-refractivity contribution in [2.24, 2.45) is 0 Å². The van der Waals surface area contributed by atoms with E-state index < -0.39 is 0 Å². The molecule has 0 amide bonds. The number of unbranched alkanes of at least 4 members (excludes halogenated alkanes) is 1. The van der Waals surface area contributed by atoms with Gasteiger partial charge >= 0.3 is 0 Å². The van der Waals surface area contributed by atoms with Crippen LogP contribution in [0.15, 0.2) is 24.3 Å². The van der Waals surface area contributed by atoms with Crippen molar-refractivity contribution in [1.82, 2.24) is 9.97 Å². The predicted molar refractivity (Wildman–Crippen MR) is 89.4 cm³/mol. The van der Waals surface area contributed by atoms with Gasteiger partial charge < -0.3 is 10.6 Å². The van der Waals surface area contributed by atoms with Gasteiger partial charge in [-0.15, -0.1) is 0 Å². The van der Waals surface area contributed by atoms with Gasteiger partial charge in [0.2, 0.25) is 0 Å². The van der Waals surface area contributed by atoms with E-state index in [0.29, 0.717) is 0 Å². The molecule has 1 heterocycles. The second-order valence-corrected chi connectivity index (χ2v) is 5.36. The zero-order valence-corrected chi connectivity index (χ0v) is 13.3. The Balaban J connectivity index is 2.20. The van der Waals surface area contributed by atoms with Crippen LogP contribution in [0.25, 0.3) is 0 Å². The van der Waals surface area contributed by atoms with Crippen LogP contribution in [-0.4, -0.2) is 16.5 Å². The SMILES string of the molecule is CCCCNc1cc(Nc2c(C)cccc2C)nc(C)n1. The summed E-state index contributed by atoms with van der Waals surface area (Å²) in [5.41, 5.74) is 3.55. The molecule has 0 radical (unpaired) electrons. The van der Waals surface area contributed by atoms with Crippen LogP contribution >= 0.6 is 0 Å². The molecule has 0 unspecified atom stereocenters. The number of hydrogen-bond acceptors (Lipinski definition) is 4. The van der Waals surface area contributed by atoms with E-state index in [0.717, 1.165) is 36.1 Å². The van der Waals surface area contributed by atoms with E-state index in [1.54, 1.807) is 0 Å². The molecule has 0 saturated carbocycles. The Hall–Kier alpha value is -2.10. The van der Waals surface area contributed by atoms with E-state index in [-0.39, 0.29) is 0 Å². The lowest BCUT2D eigenvalue weighted by Crippen LogP contribution is -2.06. The van der Waals surface area contributed by atoms with Crippen molar-refractivity contribution < 1.29 is 0 Å². The molecule has 0 saturated heterocycles. The number of nitrogens with one attached hydrogen (secondary N) is 2. The second-order valence-electron chi connectivity index (χ2n) is 5.36. The Morgan fingerprint density at radius 2 is 1.67 bits per heavy atom. The normalized spacial score (nSPS) is 10.5. The highest BCUT2D eigenvalue weighted by atomic mass is 15.1. The fourth-order valence-electron chi connectivity index (χ4n) is 2.26. The van der Waals surface area contributed by atoms with Crippen molar-refractivity contribution >= 4 is 17.3 Å². The van der Waals surface area contributed by atoms with Crippen molar-refractivity contribution in [3.63, 3.8) is 0 Å². The highest BCUT2D eigenvalue weighted by Crippen LogP contribution is 2.24. The smallest absolute Gasteiger partial charge is 0.136 e. The summed E-state index contributed by atoms with van der Waals surface area (Å²) in [6, 6.07) is 8.24. The minimum atomic E-state index is 0.769. The van der Waals surface area contributed by atoms with Crippen molar-refractivity contribution in [2.45, 2.75) is 40.5 Å². The Kier molecular flexibility index (Phi) is 5.14. The first-order chi connectivity index (χ1) is 10.1. The Labute approximate surface area is 127 Å². The molecule has 112 valence electrons. The molecule has 4 nitrogen and oxygen atoms in total. The van der Waals surface area contributed by atoms with E-state index in [2.05, 4.69) is 59.6 Å². The summed E-state index contributed by atoms with van der Waals surface area (Å²) in [7, 11) is 0. The molecule has 2 aromatic rings. The van der Waals surface area contributed by atoms with Gasteiger partial charge in [-0.2, -0.15) is 0 Å². The fraction of sp³-hybridized carbons (Fsp3) is 0.412. The van der Waals surface area contributed by atoms with Gasteiger partial charge in [-0.1, -0.05) is 31.5 Å². The summed E-state index contributed by atoms with van der Waals surface area (Å²) < 4.78 is 0. The maximum absolute atomic E-state index is 4.48. The summed E-state index contributed by atoms with van der Waals surface area (Å²) in [5.74, 6) is 2.48. The minimum absolute atomic E-state index is 0.769. The molecule has 2 rings (SSSR count). The van der Waals surface area contributed by atoms with E-state index in [1.165, 1.54) is 17.5 Å². The van der Waals surface area contributed by atoms with Gasteiger partial charge in [0.1, 0.15) is 17.5 Å². The largest absolute Gasteiger partial charge is 0.370 e. The molecule has 0 bridgehead atoms. The summed E-state index contributed by atoms with van der Waals surface area (Å²) in [6.07, 6.45) is 2.31. The van der Waals surface area contributed by atoms with Crippen LogP contribution in [0.2, 0.25) is 0 Å². The van der Waals surface area contributed by atoms with Gasteiger partial charge in [0.25, 0.3) is 0 Å². The van der Waals surface area contributed by atoms with Crippen molar-refractivity contribution in [3.8, 4) is 0 Å². The van der Waals surface area contributed by atoms with E-state index in [4.69, 9.17) is 0 Å². The average Bonchev–Trinajstić information content (AvgIpc) is 2.43. The van der Waals surface area contributed by atoms with Crippen LogP contribution in [0.5, 0.6) is 0 Å². The van der Waals surface area contributed by atoms with E-state index in [1.807, 2.05) is 13.0 Å². The number of aromatic nitrogens is 2. The third-order valence-corrected chi connectivity index (χ3v) is 3.41. The maximum Gasteiger partial charge on any atom is 0.136 e.